The summed E-state index contributed by atoms with van der Waals surface area (Å²) in [7, 11) is 2.21. The second-order valence-corrected chi connectivity index (χ2v) is 5.75. The van der Waals surface area contributed by atoms with Crippen LogP contribution in [0.25, 0.3) is 0 Å². The minimum Gasteiger partial charge on any atom is -0.374 e. The van der Waals surface area contributed by atoms with E-state index < -0.39 is 0 Å². The lowest BCUT2D eigenvalue weighted by Gasteiger charge is -2.28. The van der Waals surface area contributed by atoms with Gasteiger partial charge in [-0.25, -0.2) is 0 Å². The van der Waals surface area contributed by atoms with Gasteiger partial charge in [0.15, 0.2) is 0 Å². The number of nitrogens with zero attached hydrogens (tertiary/aromatic N) is 1. The van der Waals surface area contributed by atoms with Crippen molar-refractivity contribution in [3.63, 3.8) is 0 Å². The molecule has 1 rings (SSSR count). The monoisotopic (exact) mass is 233 g/mol. The molecule has 96 valence electrons. The van der Waals surface area contributed by atoms with Crippen molar-refractivity contribution in [2.24, 2.45) is 5.92 Å². The summed E-state index contributed by atoms with van der Waals surface area (Å²) in [5.74, 6) is 0.695. The lowest BCUT2D eigenvalue weighted by atomic mass is 9.92. The van der Waals surface area contributed by atoms with Gasteiger partial charge in [0.25, 0.3) is 0 Å². The second kappa shape index (κ2) is 5.12. The van der Waals surface area contributed by atoms with Crippen LogP contribution in [0.2, 0.25) is 0 Å². The number of benzene rings is 1. The molecule has 0 amide bonds. The van der Waals surface area contributed by atoms with Gasteiger partial charge >= 0.3 is 0 Å². The van der Waals surface area contributed by atoms with Crippen LogP contribution in [-0.2, 0) is 0 Å². The van der Waals surface area contributed by atoms with Crippen LogP contribution in [0.5, 0.6) is 0 Å². The SMILES string of the molecule is Cc1c(C)c(C)c(N(C)CC(C)C)c(C)c1C. The van der Waals surface area contributed by atoms with Crippen LogP contribution in [0.15, 0.2) is 0 Å². The Morgan fingerprint density at radius 3 is 1.47 bits per heavy atom. The molecule has 1 aromatic rings. The zero-order valence-electron chi connectivity index (χ0n) is 12.7. The zero-order chi connectivity index (χ0) is 13.3. The van der Waals surface area contributed by atoms with Gasteiger partial charge in [0, 0.05) is 19.3 Å². The first-order chi connectivity index (χ1) is 7.77. The van der Waals surface area contributed by atoms with Crippen LogP contribution < -0.4 is 4.90 Å². The van der Waals surface area contributed by atoms with Crippen LogP contribution in [0.3, 0.4) is 0 Å². The second-order valence-electron chi connectivity index (χ2n) is 5.75. The number of hydrogen-bond acceptors (Lipinski definition) is 1. The van der Waals surface area contributed by atoms with E-state index >= 15 is 0 Å². The molecule has 1 nitrogen and oxygen atoms in total. The van der Waals surface area contributed by atoms with Gasteiger partial charge in [-0.05, 0) is 68.4 Å². The van der Waals surface area contributed by atoms with Gasteiger partial charge in [-0.2, -0.15) is 0 Å². The minimum absolute atomic E-state index is 0.695. The largest absolute Gasteiger partial charge is 0.374 e. The van der Waals surface area contributed by atoms with E-state index in [2.05, 4.69) is 60.4 Å². The average molecular weight is 233 g/mol. The third-order valence-electron chi connectivity index (χ3n) is 3.98. The van der Waals surface area contributed by atoms with Crippen LogP contribution in [0.1, 0.15) is 41.7 Å². The molecule has 0 saturated carbocycles. The summed E-state index contributed by atoms with van der Waals surface area (Å²) >= 11 is 0. The highest BCUT2D eigenvalue weighted by Crippen LogP contribution is 2.32. The molecule has 0 aromatic heterocycles. The van der Waals surface area contributed by atoms with Gasteiger partial charge in [0.05, 0.1) is 0 Å². The first-order valence-electron chi connectivity index (χ1n) is 6.55. The van der Waals surface area contributed by atoms with Crippen LogP contribution >= 0.6 is 0 Å². The first kappa shape index (κ1) is 14.1. The van der Waals surface area contributed by atoms with Crippen molar-refractivity contribution >= 4 is 5.69 Å². The fourth-order valence-electron chi connectivity index (χ4n) is 2.69. The zero-order valence-corrected chi connectivity index (χ0v) is 12.7. The lowest BCUT2D eigenvalue weighted by molar-refractivity contribution is 0.636. The fourth-order valence-corrected chi connectivity index (χ4v) is 2.69. The normalized spacial score (nSPS) is 11.1. The van der Waals surface area contributed by atoms with Crippen molar-refractivity contribution in [3.05, 3.63) is 27.8 Å². The maximum absolute atomic E-state index is 2.41. The highest BCUT2D eigenvalue weighted by Gasteiger charge is 2.15. The van der Waals surface area contributed by atoms with Gasteiger partial charge in [0.2, 0.25) is 0 Å². The first-order valence-corrected chi connectivity index (χ1v) is 6.55. The molecule has 0 aliphatic rings. The lowest BCUT2D eigenvalue weighted by Crippen LogP contribution is -2.25. The van der Waals surface area contributed by atoms with Crippen molar-refractivity contribution in [2.75, 3.05) is 18.5 Å². The van der Waals surface area contributed by atoms with Crippen LogP contribution in [-0.4, -0.2) is 13.6 Å². The van der Waals surface area contributed by atoms with Crippen molar-refractivity contribution in [1.29, 1.82) is 0 Å². The summed E-state index contributed by atoms with van der Waals surface area (Å²) in [6.07, 6.45) is 0. The molecule has 0 spiro atoms. The van der Waals surface area contributed by atoms with Crippen molar-refractivity contribution < 1.29 is 0 Å². The molecule has 0 aliphatic carbocycles. The van der Waals surface area contributed by atoms with Gasteiger partial charge in [-0.3, -0.25) is 0 Å². The summed E-state index contributed by atoms with van der Waals surface area (Å²) in [6, 6.07) is 0. The van der Waals surface area contributed by atoms with E-state index in [1.165, 1.54) is 33.5 Å². The molecular weight excluding hydrogens is 206 g/mol. The van der Waals surface area contributed by atoms with E-state index in [0.29, 0.717) is 5.92 Å². The molecule has 0 heterocycles. The Labute approximate surface area is 107 Å². The Kier molecular flexibility index (Phi) is 4.24. The number of anilines is 1. The predicted octanol–water partition coefficient (Wildman–Crippen LogP) is 4.32. The van der Waals surface area contributed by atoms with E-state index in [0.717, 1.165) is 6.54 Å². The van der Waals surface area contributed by atoms with Crippen LogP contribution in [0, 0.1) is 40.5 Å². The van der Waals surface area contributed by atoms with Crippen LogP contribution in [0.4, 0.5) is 5.69 Å². The van der Waals surface area contributed by atoms with Crippen molar-refractivity contribution in [3.8, 4) is 0 Å². The summed E-state index contributed by atoms with van der Waals surface area (Å²) in [5.41, 5.74) is 8.64. The van der Waals surface area contributed by atoms with E-state index in [1.54, 1.807) is 0 Å². The molecule has 0 saturated heterocycles. The third-order valence-corrected chi connectivity index (χ3v) is 3.98. The molecular formula is C16H27N. The Hall–Kier alpha value is -0.980. The van der Waals surface area contributed by atoms with Crippen molar-refractivity contribution in [1.82, 2.24) is 0 Å². The Morgan fingerprint density at radius 2 is 1.12 bits per heavy atom. The molecule has 0 fully saturated rings. The summed E-state index contributed by atoms with van der Waals surface area (Å²) in [5, 5.41) is 0. The molecule has 0 atom stereocenters. The van der Waals surface area contributed by atoms with Gasteiger partial charge in [-0.1, -0.05) is 13.8 Å². The van der Waals surface area contributed by atoms with E-state index in [1.807, 2.05) is 0 Å². The maximum atomic E-state index is 2.41. The van der Waals surface area contributed by atoms with Gasteiger partial charge in [-0.15, -0.1) is 0 Å². The van der Waals surface area contributed by atoms with E-state index in [-0.39, 0.29) is 0 Å². The molecule has 0 N–H and O–H groups in total. The van der Waals surface area contributed by atoms with Gasteiger partial charge in [0.1, 0.15) is 0 Å². The third kappa shape index (κ3) is 2.65. The molecule has 1 aromatic carbocycles. The number of hydrogen-bond donors (Lipinski definition) is 0. The number of rotatable bonds is 3. The Balaban J connectivity index is 3.33. The molecule has 0 bridgehead atoms. The highest BCUT2D eigenvalue weighted by atomic mass is 15.1. The Bertz CT molecular complexity index is 387. The van der Waals surface area contributed by atoms with Crippen molar-refractivity contribution in [2.45, 2.75) is 48.5 Å². The quantitative estimate of drug-likeness (QED) is 0.751. The fraction of sp³-hybridized carbons (Fsp3) is 0.625. The Morgan fingerprint density at radius 1 is 0.765 bits per heavy atom. The molecule has 0 aliphatic heterocycles. The molecule has 17 heavy (non-hydrogen) atoms. The molecule has 0 radical (unpaired) electrons. The average Bonchev–Trinajstić information content (AvgIpc) is 2.23. The maximum Gasteiger partial charge on any atom is 0.0428 e. The molecule has 1 heteroatoms. The standard InChI is InChI=1S/C16H27N/c1-10(2)9-17(8)16-14(6)12(4)11(3)13(5)15(16)7/h10H,9H2,1-8H3. The van der Waals surface area contributed by atoms with E-state index in [9.17, 15) is 0 Å². The minimum atomic E-state index is 0.695. The van der Waals surface area contributed by atoms with E-state index in [4.69, 9.17) is 0 Å². The summed E-state index contributed by atoms with van der Waals surface area (Å²) < 4.78 is 0. The topological polar surface area (TPSA) is 3.24 Å². The smallest absolute Gasteiger partial charge is 0.0428 e. The summed E-state index contributed by atoms with van der Waals surface area (Å²) in [4.78, 5) is 2.41. The summed E-state index contributed by atoms with van der Waals surface area (Å²) in [6.45, 7) is 16.9. The molecule has 0 unspecified atom stereocenters. The highest BCUT2D eigenvalue weighted by molar-refractivity contribution is 5.65. The van der Waals surface area contributed by atoms with Gasteiger partial charge < -0.3 is 4.90 Å². The predicted molar refractivity (Wildman–Crippen MR) is 78.2 cm³/mol.